The SMILES string of the molecule is CCCCC(CCC)NC1CCCCC1C(F)(F)F. The molecule has 1 aliphatic carbocycles. The molecule has 0 spiro atoms. The van der Waals surface area contributed by atoms with Gasteiger partial charge >= 0.3 is 6.18 Å². The summed E-state index contributed by atoms with van der Waals surface area (Å²) in [6.45, 7) is 4.23. The Morgan fingerprint density at radius 1 is 1.05 bits per heavy atom. The van der Waals surface area contributed by atoms with Crippen molar-refractivity contribution < 1.29 is 13.2 Å². The van der Waals surface area contributed by atoms with E-state index in [1.54, 1.807) is 0 Å². The van der Waals surface area contributed by atoms with Gasteiger partial charge in [-0.2, -0.15) is 13.2 Å². The van der Waals surface area contributed by atoms with Gasteiger partial charge in [-0.1, -0.05) is 46.0 Å². The molecule has 4 heteroatoms. The van der Waals surface area contributed by atoms with Gasteiger partial charge in [0.15, 0.2) is 0 Å². The molecule has 114 valence electrons. The summed E-state index contributed by atoms with van der Waals surface area (Å²) >= 11 is 0. The van der Waals surface area contributed by atoms with E-state index < -0.39 is 12.1 Å². The number of rotatable bonds is 7. The third kappa shape index (κ3) is 5.72. The van der Waals surface area contributed by atoms with Crippen molar-refractivity contribution in [2.24, 2.45) is 5.92 Å². The van der Waals surface area contributed by atoms with Crippen molar-refractivity contribution >= 4 is 0 Å². The van der Waals surface area contributed by atoms with Gasteiger partial charge in [-0.15, -0.1) is 0 Å². The highest BCUT2D eigenvalue weighted by molar-refractivity contribution is 4.87. The molecule has 0 heterocycles. The average molecular weight is 279 g/mol. The topological polar surface area (TPSA) is 12.0 Å². The number of hydrogen-bond acceptors (Lipinski definition) is 1. The summed E-state index contributed by atoms with van der Waals surface area (Å²) in [6.07, 6.45) is 3.81. The highest BCUT2D eigenvalue weighted by Gasteiger charge is 2.45. The lowest BCUT2D eigenvalue weighted by molar-refractivity contribution is -0.189. The van der Waals surface area contributed by atoms with E-state index in [0.29, 0.717) is 12.8 Å². The quantitative estimate of drug-likeness (QED) is 0.687. The van der Waals surface area contributed by atoms with Gasteiger partial charge in [0, 0.05) is 12.1 Å². The summed E-state index contributed by atoms with van der Waals surface area (Å²) in [6, 6.07) is -0.0972. The molecular formula is C15H28F3N. The molecule has 0 aliphatic heterocycles. The number of unbranched alkanes of at least 4 members (excludes halogenated alkanes) is 1. The average Bonchev–Trinajstić information content (AvgIpc) is 2.35. The van der Waals surface area contributed by atoms with Crippen molar-refractivity contribution in [3.05, 3.63) is 0 Å². The Balaban J connectivity index is 2.58. The standard InChI is InChI=1S/C15H28F3N/c1-3-5-9-12(8-4-2)19-14-11-7-6-10-13(14)15(16,17)18/h12-14,19H,3-11H2,1-2H3. The highest BCUT2D eigenvalue weighted by atomic mass is 19.4. The van der Waals surface area contributed by atoms with E-state index in [-0.39, 0.29) is 12.1 Å². The van der Waals surface area contributed by atoms with Crippen molar-refractivity contribution in [2.75, 3.05) is 0 Å². The maximum absolute atomic E-state index is 13.0. The molecule has 1 nitrogen and oxygen atoms in total. The van der Waals surface area contributed by atoms with Crippen LogP contribution in [0.4, 0.5) is 13.2 Å². The Morgan fingerprint density at radius 2 is 1.74 bits per heavy atom. The normalized spacial score (nSPS) is 26.4. The van der Waals surface area contributed by atoms with Crippen LogP contribution in [0.1, 0.15) is 71.6 Å². The summed E-state index contributed by atoms with van der Waals surface area (Å²) in [5.41, 5.74) is 0. The van der Waals surface area contributed by atoms with Gasteiger partial charge in [0.2, 0.25) is 0 Å². The minimum absolute atomic E-state index is 0.262. The van der Waals surface area contributed by atoms with Crippen molar-refractivity contribution in [3.8, 4) is 0 Å². The summed E-state index contributed by atoms with van der Waals surface area (Å²) in [4.78, 5) is 0. The molecule has 0 radical (unpaired) electrons. The monoisotopic (exact) mass is 279 g/mol. The number of nitrogens with one attached hydrogen (secondary N) is 1. The first-order chi connectivity index (χ1) is 8.99. The van der Waals surface area contributed by atoms with Crippen molar-refractivity contribution in [2.45, 2.75) is 89.9 Å². The molecule has 0 aromatic rings. The van der Waals surface area contributed by atoms with E-state index in [0.717, 1.165) is 44.9 Å². The van der Waals surface area contributed by atoms with Gasteiger partial charge in [0.05, 0.1) is 5.92 Å². The second-order valence-corrected chi connectivity index (χ2v) is 5.83. The Morgan fingerprint density at radius 3 is 2.32 bits per heavy atom. The van der Waals surface area contributed by atoms with Crippen LogP contribution in [0.25, 0.3) is 0 Å². The van der Waals surface area contributed by atoms with Crippen LogP contribution in [0.15, 0.2) is 0 Å². The maximum atomic E-state index is 13.0. The maximum Gasteiger partial charge on any atom is 0.393 e. The van der Waals surface area contributed by atoms with Gasteiger partial charge in [0.25, 0.3) is 0 Å². The fourth-order valence-electron chi connectivity index (χ4n) is 3.13. The van der Waals surface area contributed by atoms with Crippen LogP contribution in [0.2, 0.25) is 0 Å². The minimum atomic E-state index is -4.04. The van der Waals surface area contributed by atoms with Crippen LogP contribution in [0, 0.1) is 5.92 Å². The van der Waals surface area contributed by atoms with E-state index >= 15 is 0 Å². The van der Waals surface area contributed by atoms with E-state index in [1.807, 2.05) is 0 Å². The first-order valence-electron chi connectivity index (χ1n) is 7.81. The number of alkyl halides is 3. The van der Waals surface area contributed by atoms with Crippen LogP contribution < -0.4 is 5.32 Å². The van der Waals surface area contributed by atoms with Crippen molar-refractivity contribution in [1.82, 2.24) is 5.32 Å². The van der Waals surface area contributed by atoms with Crippen molar-refractivity contribution in [3.63, 3.8) is 0 Å². The van der Waals surface area contributed by atoms with Crippen LogP contribution in [0.5, 0.6) is 0 Å². The summed E-state index contributed by atoms with van der Waals surface area (Å²) in [5, 5.41) is 3.33. The molecule has 0 bridgehead atoms. The molecule has 3 unspecified atom stereocenters. The lowest BCUT2D eigenvalue weighted by Gasteiger charge is -2.36. The number of halogens is 3. The third-order valence-corrected chi connectivity index (χ3v) is 4.18. The zero-order chi connectivity index (χ0) is 14.3. The summed E-state index contributed by atoms with van der Waals surface area (Å²) < 4.78 is 39.1. The zero-order valence-corrected chi connectivity index (χ0v) is 12.2. The van der Waals surface area contributed by atoms with Crippen LogP contribution in [0.3, 0.4) is 0 Å². The molecule has 19 heavy (non-hydrogen) atoms. The summed E-state index contributed by atoms with van der Waals surface area (Å²) in [5.74, 6) is -1.14. The second-order valence-electron chi connectivity index (χ2n) is 5.83. The van der Waals surface area contributed by atoms with Crippen molar-refractivity contribution in [1.29, 1.82) is 0 Å². The van der Waals surface area contributed by atoms with Crippen LogP contribution >= 0.6 is 0 Å². The lowest BCUT2D eigenvalue weighted by atomic mass is 9.83. The zero-order valence-electron chi connectivity index (χ0n) is 12.2. The predicted molar refractivity (Wildman–Crippen MR) is 73.2 cm³/mol. The Labute approximate surface area is 115 Å². The van der Waals surface area contributed by atoms with Gasteiger partial charge in [-0.05, 0) is 25.7 Å². The molecular weight excluding hydrogens is 251 g/mol. The molecule has 0 aromatic carbocycles. The Bertz CT molecular complexity index is 240. The van der Waals surface area contributed by atoms with Crippen LogP contribution in [-0.4, -0.2) is 18.3 Å². The number of hydrogen-bond donors (Lipinski definition) is 1. The fourth-order valence-corrected chi connectivity index (χ4v) is 3.13. The van der Waals surface area contributed by atoms with Gasteiger partial charge in [-0.3, -0.25) is 0 Å². The van der Waals surface area contributed by atoms with E-state index in [1.165, 1.54) is 0 Å². The molecule has 1 saturated carbocycles. The van der Waals surface area contributed by atoms with Crippen LogP contribution in [-0.2, 0) is 0 Å². The highest BCUT2D eigenvalue weighted by Crippen LogP contribution is 2.38. The van der Waals surface area contributed by atoms with E-state index in [4.69, 9.17) is 0 Å². The Hall–Kier alpha value is -0.250. The largest absolute Gasteiger partial charge is 0.393 e. The third-order valence-electron chi connectivity index (χ3n) is 4.18. The lowest BCUT2D eigenvalue weighted by Crippen LogP contribution is -2.49. The van der Waals surface area contributed by atoms with Gasteiger partial charge < -0.3 is 5.32 Å². The van der Waals surface area contributed by atoms with Gasteiger partial charge in [0.1, 0.15) is 0 Å². The molecule has 1 fully saturated rings. The molecule has 1 N–H and O–H groups in total. The first kappa shape index (κ1) is 16.8. The molecule has 3 atom stereocenters. The first-order valence-corrected chi connectivity index (χ1v) is 7.81. The molecule has 1 rings (SSSR count). The molecule has 1 aliphatic rings. The van der Waals surface area contributed by atoms with E-state index in [9.17, 15) is 13.2 Å². The van der Waals surface area contributed by atoms with Gasteiger partial charge in [-0.25, -0.2) is 0 Å². The molecule has 0 saturated heterocycles. The summed E-state index contributed by atoms with van der Waals surface area (Å²) in [7, 11) is 0. The molecule has 0 aromatic heterocycles. The smallest absolute Gasteiger partial charge is 0.311 e. The van der Waals surface area contributed by atoms with E-state index in [2.05, 4.69) is 19.2 Å². The predicted octanol–water partition coefficient (Wildman–Crippen LogP) is 5.06. The minimum Gasteiger partial charge on any atom is -0.311 e. The fraction of sp³-hybridized carbons (Fsp3) is 1.00. The molecule has 0 amide bonds. The Kier molecular flexibility index (Phi) is 7.19. The second kappa shape index (κ2) is 8.13.